The molecule has 5 N–H and O–H groups in total. The summed E-state index contributed by atoms with van der Waals surface area (Å²) in [6, 6.07) is 0. The van der Waals surface area contributed by atoms with Gasteiger partial charge in [0.2, 0.25) is 0 Å². The fourth-order valence-corrected chi connectivity index (χ4v) is 0. The van der Waals surface area contributed by atoms with Crippen molar-refractivity contribution in [1.82, 2.24) is 0 Å². The molecule has 0 saturated carbocycles. The third-order valence-electron chi connectivity index (χ3n) is 0. The van der Waals surface area contributed by atoms with E-state index in [4.69, 9.17) is 8.76 Å². The van der Waals surface area contributed by atoms with E-state index in [-0.39, 0.29) is 11.0 Å². The van der Waals surface area contributed by atoms with Gasteiger partial charge in [0.1, 0.15) is 11.1 Å². The van der Waals surface area contributed by atoms with E-state index < -0.39 is 11.1 Å². The molecule has 6 heavy (non-hydrogen) atoms. The first-order valence-electron chi connectivity index (χ1n) is 0.757. The summed E-state index contributed by atoms with van der Waals surface area (Å²) < 4.78 is 16.6. The monoisotopic (exact) mass is 116 g/mol. The minimum atomic E-state index is -1.61. The van der Waals surface area contributed by atoms with E-state index in [9.17, 15) is 0 Å². The van der Waals surface area contributed by atoms with Gasteiger partial charge in [-0.25, -0.2) is 4.21 Å². The zero-order valence-corrected chi connectivity index (χ0v) is 4.08. The Bertz CT molecular complexity index is 30.5. The molecule has 1 atom stereocenters. The first kappa shape index (κ1) is 16.6. The molecule has 0 aliphatic heterocycles. The van der Waals surface area contributed by atoms with Crippen molar-refractivity contribution >= 4 is 11.1 Å². The van der Waals surface area contributed by atoms with Gasteiger partial charge in [-0.2, -0.15) is 0 Å². The predicted octanol–water partition coefficient (Wildman–Crippen LogP) is -1.81. The zero-order valence-electron chi connectivity index (χ0n) is 3.26. The van der Waals surface area contributed by atoms with Crippen LogP contribution in [0.1, 0.15) is 0 Å². The van der Waals surface area contributed by atoms with Crippen LogP contribution >= 0.6 is 0 Å². The maximum absolute atomic E-state index is 9.11. The van der Waals surface area contributed by atoms with E-state index in [0.29, 0.717) is 0 Å². The molecule has 0 rings (SSSR count). The lowest BCUT2D eigenvalue weighted by molar-refractivity contribution is 0.571. The van der Waals surface area contributed by atoms with Crippen molar-refractivity contribution in [2.45, 2.75) is 0 Å². The summed E-state index contributed by atoms with van der Waals surface area (Å²) in [5.41, 5.74) is 0. The van der Waals surface area contributed by atoms with Crippen molar-refractivity contribution in [2.75, 3.05) is 6.26 Å². The van der Waals surface area contributed by atoms with Crippen LogP contribution in [0.5, 0.6) is 0 Å². The van der Waals surface area contributed by atoms with Gasteiger partial charge in [0.05, 0.1) is 0 Å². The molecule has 0 fully saturated rings. The largest absolute Gasteiger partial charge is 0.412 e. The number of rotatable bonds is 0. The van der Waals surface area contributed by atoms with Crippen molar-refractivity contribution in [3.05, 3.63) is 0 Å². The van der Waals surface area contributed by atoms with Gasteiger partial charge < -0.3 is 15.5 Å². The average molecular weight is 116 g/mol. The maximum atomic E-state index is 9.11. The van der Waals surface area contributed by atoms with Crippen LogP contribution in [-0.4, -0.2) is 26.0 Å². The lowest BCUT2D eigenvalue weighted by atomic mass is 12.0. The minimum absolute atomic E-state index is 0. The lowest BCUT2D eigenvalue weighted by Crippen LogP contribution is -1.72. The predicted molar refractivity (Wildman–Crippen MR) is 23.9 cm³/mol. The van der Waals surface area contributed by atoms with Gasteiger partial charge in [-0.3, -0.25) is 0 Å². The second-order valence-electron chi connectivity index (χ2n) is 0.424. The summed E-state index contributed by atoms with van der Waals surface area (Å²) in [5.74, 6) is 0. The Morgan fingerprint density at radius 1 is 1.50 bits per heavy atom. The second-order valence-corrected chi connectivity index (χ2v) is 1.27. The topological polar surface area (TPSA) is 100 Å². The molecule has 0 aliphatic rings. The zero-order chi connectivity index (χ0) is 3.58. The van der Waals surface area contributed by atoms with Crippen molar-refractivity contribution in [2.24, 2.45) is 0 Å². The quantitative estimate of drug-likeness (QED) is 0.377. The molecule has 42 valence electrons. The molecule has 0 aliphatic carbocycles. The Balaban J connectivity index is -0.0000000450. The third kappa shape index (κ3) is 41100. The Labute approximate surface area is 38.1 Å². The van der Waals surface area contributed by atoms with Crippen LogP contribution < -0.4 is 0 Å². The van der Waals surface area contributed by atoms with Crippen LogP contribution in [-0.2, 0) is 11.1 Å². The SMILES string of the molecule is CS(=O)O.O.O. The van der Waals surface area contributed by atoms with Crippen LogP contribution in [0.3, 0.4) is 0 Å². The summed E-state index contributed by atoms with van der Waals surface area (Å²) in [6.45, 7) is 0. The maximum Gasteiger partial charge on any atom is 0.149 e. The normalized spacial score (nSPS) is 10.3. The highest BCUT2D eigenvalue weighted by molar-refractivity contribution is 7.78. The summed E-state index contributed by atoms with van der Waals surface area (Å²) in [6.07, 6.45) is 1.19. The molecule has 0 aromatic carbocycles. The molecular weight excluding hydrogens is 108 g/mol. The smallest absolute Gasteiger partial charge is 0.149 e. The molecule has 0 radical (unpaired) electrons. The number of hydrogen-bond donors (Lipinski definition) is 1. The van der Waals surface area contributed by atoms with Gasteiger partial charge >= 0.3 is 0 Å². The van der Waals surface area contributed by atoms with Crippen LogP contribution in [0.2, 0.25) is 0 Å². The number of hydrogen-bond acceptors (Lipinski definition) is 1. The van der Waals surface area contributed by atoms with Gasteiger partial charge in [0, 0.05) is 6.26 Å². The molecule has 4 nitrogen and oxygen atoms in total. The molecule has 0 aromatic heterocycles. The van der Waals surface area contributed by atoms with Gasteiger partial charge in [-0.05, 0) is 0 Å². The molecule has 1 unspecified atom stereocenters. The molecule has 0 spiro atoms. The summed E-state index contributed by atoms with van der Waals surface area (Å²) in [4.78, 5) is 0. The summed E-state index contributed by atoms with van der Waals surface area (Å²) >= 11 is -1.61. The van der Waals surface area contributed by atoms with E-state index >= 15 is 0 Å². The lowest BCUT2D eigenvalue weighted by Gasteiger charge is -1.60. The van der Waals surface area contributed by atoms with E-state index in [1.165, 1.54) is 6.26 Å². The van der Waals surface area contributed by atoms with Crippen molar-refractivity contribution in [1.29, 1.82) is 0 Å². The van der Waals surface area contributed by atoms with Crippen molar-refractivity contribution < 1.29 is 19.7 Å². The summed E-state index contributed by atoms with van der Waals surface area (Å²) in [5, 5.41) is 0. The molecule has 0 bridgehead atoms. The molecule has 0 saturated heterocycles. The average Bonchev–Trinajstić information content (AvgIpc) is 0.811. The Kier molecular flexibility index (Phi) is 24.6. The molecule has 5 heteroatoms. The standard InChI is InChI=1S/CH4O2S.2H2O/c1-4(2)3;;/h1H3,(H,2,3);2*1H2. The highest BCUT2D eigenvalue weighted by Crippen LogP contribution is 1.45. The van der Waals surface area contributed by atoms with Crippen molar-refractivity contribution in [3.8, 4) is 0 Å². The minimum Gasteiger partial charge on any atom is -0.412 e. The van der Waals surface area contributed by atoms with Crippen LogP contribution in [0.4, 0.5) is 0 Å². The third-order valence-corrected chi connectivity index (χ3v) is 0. The van der Waals surface area contributed by atoms with Gasteiger partial charge in [0.15, 0.2) is 0 Å². The van der Waals surface area contributed by atoms with Gasteiger partial charge in [0.25, 0.3) is 0 Å². The van der Waals surface area contributed by atoms with E-state index in [0.717, 1.165) is 0 Å². The molecule has 0 aromatic rings. The highest BCUT2D eigenvalue weighted by Gasteiger charge is 1.59. The van der Waals surface area contributed by atoms with Crippen LogP contribution in [0, 0.1) is 0 Å². The van der Waals surface area contributed by atoms with Crippen LogP contribution in [0.15, 0.2) is 0 Å². The fraction of sp³-hybridized carbons (Fsp3) is 1.00. The summed E-state index contributed by atoms with van der Waals surface area (Å²) in [7, 11) is 0. The Hall–Kier alpha value is 0.0300. The van der Waals surface area contributed by atoms with Gasteiger partial charge in [-0.15, -0.1) is 0 Å². The highest BCUT2D eigenvalue weighted by atomic mass is 32.2. The Morgan fingerprint density at radius 3 is 1.50 bits per heavy atom. The fourth-order valence-electron chi connectivity index (χ4n) is 0. The first-order chi connectivity index (χ1) is 1.73. The molecule has 0 heterocycles. The second kappa shape index (κ2) is 8.90. The van der Waals surface area contributed by atoms with E-state index in [1.54, 1.807) is 0 Å². The van der Waals surface area contributed by atoms with E-state index in [2.05, 4.69) is 0 Å². The van der Waals surface area contributed by atoms with Crippen molar-refractivity contribution in [3.63, 3.8) is 0 Å². The van der Waals surface area contributed by atoms with E-state index in [1.807, 2.05) is 0 Å². The van der Waals surface area contributed by atoms with Gasteiger partial charge in [-0.1, -0.05) is 0 Å². The van der Waals surface area contributed by atoms with Crippen LogP contribution in [0.25, 0.3) is 0 Å². The molecular formula is CH8O4S. The Morgan fingerprint density at radius 2 is 1.50 bits per heavy atom. The molecule has 0 amide bonds. The first-order valence-corrected chi connectivity index (χ1v) is 2.27.